The molecule has 0 amide bonds. The summed E-state index contributed by atoms with van der Waals surface area (Å²) in [5.41, 5.74) is 0. The molecule has 0 heterocycles. The van der Waals surface area contributed by atoms with E-state index < -0.39 is 70.7 Å². The van der Waals surface area contributed by atoms with Crippen molar-refractivity contribution < 1.29 is 95.9 Å². The Morgan fingerprint density at radius 2 is 0.545 bits per heavy atom. The predicted molar refractivity (Wildman–Crippen MR) is 62.8 cm³/mol. The Hall–Kier alpha value is -1.40. The molecule has 5 nitrogen and oxygen atoms in total. The highest BCUT2D eigenvalue weighted by Gasteiger charge is 2.91. The van der Waals surface area contributed by atoms with E-state index in [1.807, 2.05) is 0 Å². The van der Waals surface area contributed by atoms with Gasteiger partial charge in [0.25, 0.3) is 20.0 Å². The Bertz CT molecular complexity index is 877. The summed E-state index contributed by atoms with van der Waals surface area (Å²) in [5, 5.41) is -16.8. The predicted octanol–water partition coefficient (Wildman–Crippen LogP) is 4.09. The third kappa shape index (κ3) is 4.27. The van der Waals surface area contributed by atoms with Crippen molar-refractivity contribution in [2.75, 3.05) is 0 Å². The normalized spacial score (nSPS) is 19.7. The second kappa shape index (κ2) is 7.55. The second-order valence-corrected chi connectivity index (χ2v) is 9.23. The Balaban J connectivity index is 7.38. The van der Waals surface area contributed by atoms with Crippen molar-refractivity contribution in [3.63, 3.8) is 0 Å². The summed E-state index contributed by atoms with van der Waals surface area (Å²) in [5.74, 6) is -16.7. The van der Waals surface area contributed by atoms with Crippen molar-refractivity contribution in [2.45, 2.75) is 46.6 Å². The Kier molecular flexibility index (Phi) is 7.23. The largest absolute Gasteiger partial charge is 0.458 e. The fourth-order valence-corrected chi connectivity index (χ4v) is 5.21. The van der Waals surface area contributed by atoms with Crippen molar-refractivity contribution in [1.29, 1.82) is 0 Å². The molecule has 0 fully saturated rings. The fourth-order valence-electron chi connectivity index (χ4n) is 1.62. The Labute approximate surface area is 167 Å². The van der Waals surface area contributed by atoms with Gasteiger partial charge in [-0.25, -0.2) is 25.6 Å². The number of halogens is 18. The first-order chi connectivity index (χ1) is 13.7. The highest BCUT2D eigenvalue weighted by Crippen LogP contribution is 2.58. The average molecular weight is 581 g/mol. The summed E-state index contributed by atoms with van der Waals surface area (Å²) in [6.07, 6.45) is -32.4. The van der Waals surface area contributed by atoms with Crippen LogP contribution < -0.4 is 4.13 Å². The molecule has 0 spiro atoms. The molecule has 0 aliphatic carbocycles. The molecule has 25 heteroatoms. The van der Waals surface area contributed by atoms with E-state index in [1.165, 1.54) is 0 Å². The van der Waals surface area contributed by atoms with Crippen molar-refractivity contribution >= 4 is 20.0 Å². The van der Waals surface area contributed by atoms with E-state index in [0.717, 1.165) is 0 Å². The van der Waals surface area contributed by atoms with Crippen molar-refractivity contribution in [3.05, 3.63) is 0 Å². The van der Waals surface area contributed by atoms with E-state index in [9.17, 15) is 95.9 Å². The number of nitrogens with one attached hydrogen (secondary N) is 1. The maximum Gasteiger partial charge on any atom is 0.458 e. The number of alkyl halides is 18. The maximum absolute atomic E-state index is 13.8. The third-order valence-corrected chi connectivity index (χ3v) is 7.42. The van der Waals surface area contributed by atoms with E-state index in [1.54, 1.807) is 0 Å². The molecule has 0 radical (unpaired) electrons. The minimum Gasteiger partial charge on any atom is -0.207 e. The lowest BCUT2D eigenvalue weighted by molar-refractivity contribution is -0.359. The molecule has 0 aromatic rings. The van der Waals surface area contributed by atoms with Crippen LogP contribution in [0.1, 0.15) is 0 Å². The molecular formula is C8HF18NO4S2. The van der Waals surface area contributed by atoms with Crippen LogP contribution >= 0.6 is 0 Å². The quantitative estimate of drug-likeness (QED) is 0.480. The molecule has 0 rings (SSSR count). The topological polar surface area (TPSA) is 80.3 Å². The van der Waals surface area contributed by atoms with Crippen LogP contribution in [-0.4, -0.2) is 63.4 Å². The van der Waals surface area contributed by atoms with E-state index in [0.29, 0.717) is 0 Å². The van der Waals surface area contributed by atoms with Gasteiger partial charge in [0.15, 0.2) is 0 Å². The standard InChI is InChI=1S/C8HF18NO4S2/c9-1(10,5(15,16)17)3(13,7(21,22)23)32(28,29)27-33(30,31)4(14,8(24,25)26)2(11,12)6(18,19)20/h27H. The lowest BCUT2D eigenvalue weighted by Crippen LogP contribution is -2.72. The van der Waals surface area contributed by atoms with Gasteiger partial charge in [-0.2, -0.15) is 70.2 Å². The average Bonchev–Trinajstić information content (AvgIpc) is 2.46. The van der Waals surface area contributed by atoms with Crippen LogP contribution in [0.4, 0.5) is 79.0 Å². The number of hydrogen-bond acceptors (Lipinski definition) is 4. The Morgan fingerprint density at radius 3 is 0.667 bits per heavy atom. The molecule has 0 aromatic carbocycles. The van der Waals surface area contributed by atoms with Gasteiger partial charge in [0.1, 0.15) is 0 Å². The first-order valence-electron chi connectivity index (χ1n) is 6.38. The zero-order chi connectivity index (χ0) is 27.7. The summed E-state index contributed by atoms with van der Waals surface area (Å²) < 4.78 is 270. The molecule has 0 aliphatic heterocycles. The third-order valence-electron chi connectivity index (χ3n) is 3.21. The summed E-state index contributed by atoms with van der Waals surface area (Å²) in [6.45, 7) is 0. The van der Waals surface area contributed by atoms with Crippen LogP contribution in [0, 0.1) is 0 Å². The number of sulfonamides is 2. The lowest BCUT2D eigenvalue weighted by atomic mass is 10.2. The summed E-state index contributed by atoms with van der Waals surface area (Å²) in [6, 6.07) is 0. The Morgan fingerprint density at radius 1 is 0.364 bits per heavy atom. The van der Waals surface area contributed by atoms with Crippen molar-refractivity contribution in [1.82, 2.24) is 4.13 Å². The molecule has 0 bridgehead atoms. The molecule has 2 unspecified atom stereocenters. The SMILES string of the molecule is O=S(=O)(NS(=O)(=O)C(F)(C(F)(F)F)C(F)(F)C(F)(F)F)C(F)(C(F)(F)F)C(F)(F)C(F)(F)F. The molecule has 0 saturated carbocycles. The van der Waals surface area contributed by atoms with Gasteiger partial charge in [-0.3, -0.25) is 0 Å². The summed E-state index contributed by atoms with van der Waals surface area (Å²) >= 11 is 0. The van der Waals surface area contributed by atoms with Crippen molar-refractivity contribution in [2.24, 2.45) is 0 Å². The minimum atomic E-state index is -9.07. The molecule has 33 heavy (non-hydrogen) atoms. The van der Waals surface area contributed by atoms with E-state index in [4.69, 9.17) is 0 Å². The van der Waals surface area contributed by atoms with Crippen LogP contribution in [0.15, 0.2) is 0 Å². The summed E-state index contributed by atoms with van der Waals surface area (Å²) in [4.78, 5) is 0. The van der Waals surface area contributed by atoms with Gasteiger partial charge in [0.2, 0.25) is 0 Å². The lowest BCUT2D eigenvalue weighted by Gasteiger charge is -2.37. The molecule has 1 N–H and O–H groups in total. The zero-order valence-electron chi connectivity index (χ0n) is 13.8. The fraction of sp³-hybridized carbons (Fsp3) is 1.00. The highest BCUT2D eigenvalue weighted by molar-refractivity contribution is 8.06. The molecule has 2 atom stereocenters. The number of hydrogen-bond donors (Lipinski definition) is 1. The molecule has 0 aromatic heterocycles. The molecular weight excluding hydrogens is 580 g/mol. The van der Waals surface area contributed by atoms with Crippen LogP contribution in [0.5, 0.6) is 0 Å². The highest BCUT2D eigenvalue weighted by atomic mass is 32.3. The first-order valence-corrected chi connectivity index (χ1v) is 9.35. The van der Waals surface area contributed by atoms with Gasteiger partial charge >= 0.3 is 46.6 Å². The van der Waals surface area contributed by atoms with Gasteiger partial charge in [-0.15, -0.1) is 4.13 Å². The smallest absolute Gasteiger partial charge is 0.207 e. The molecule has 0 aliphatic rings. The van der Waals surface area contributed by atoms with Crippen LogP contribution in [-0.2, 0) is 20.0 Å². The minimum absolute atomic E-state index is 1.82. The van der Waals surface area contributed by atoms with Crippen molar-refractivity contribution in [3.8, 4) is 0 Å². The van der Waals surface area contributed by atoms with E-state index >= 15 is 0 Å². The zero-order valence-corrected chi connectivity index (χ0v) is 15.4. The van der Waals surface area contributed by atoms with E-state index in [-0.39, 0.29) is 0 Å². The van der Waals surface area contributed by atoms with Gasteiger partial charge < -0.3 is 0 Å². The second-order valence-electron chi connectivity index (χ2n) is 5.42. The van der Waals surface area contributed by atoms with Gasteiger partial charge in [0.05, 0.1) is 0 Å². The van der Waals surface area contributed by atoms with E-state index in [2.05, 4.69) is 0 Å². The molecule has 200 valence electrons. The molecule has 0 saturated heterocycles. The monoisotopic (exact) mass is 581 g/mol. The van der Waals surface area contributed by atoms with Crippen LogP contribution in [0.25, 0.3) is 0 Å². The van der Waals surface area contributed by atoms with Gasteiger partial charge in [-0.05, 0) is 0 Å². The van der Waals surface area contributed by atoms with Crippen LogP contribution in [0.2, 0.25) is 0 Å². The maximum atomic E-state index is 13.8. The van der Waals surface area contributed by atoms with Gasteiger partial charge in [-0.1, -0.05) is 0 Å². The number of rotatable bonds is 6. The first kappa shape index (κ1) is 31.6. The van der Waals surface area contributed by atoms with Gasteiger partial charge in [0, 0.05) is 0 Å². The summed E-state index contributed by atoms with van der Waals surface area (Å²) in [7, 11) is -18.1. The van der Waals surface area contributed by atoms with Crippen LogP contribution in [0.3, 0.4) is 0 Å².